The first-order chi connectivity index (χ1) is 18.4. The highest BCUT2D eigenvalue weighted by Gasteiger charge is 2.28. The van der Waals surface area contributed by atoms with Crippen molar-refractivity contribution >= 4 is 22.9 Å². The van der Waals surface area contributed by atoms with E-state index in [0.717, 1.165) is 50.4 Å². The van der Waals surface area contributed by atoms with Crippen LogP contribution in [0.2, 0.25) is 0 Å². The summed E-state index contributed by atoms with van der Waals surface area (Å²) in [4.78, 5) is 26.1. The normalized spacial score (nSPS) is 15.2. The number of aryl methyl sites for hydroxylation is 2. The van der Waals surface area contributed by atoms with Crippen LogP contribution in [-0.4, -0.2) is 66.7 Å². The molecule has 0 unspecified atom stereocenters. The van der Waals surface area contributed by atoms with E-state index >= 15 is 0 Å². The number of aromatic nitrogens is 2. The molecule has 4 rings (SSSR count). The minimum atomic E-state index is -0.0921. The van der Waals surface area contributed by atoms with Crippen LogP contribution in [0.5, 0.6) is 11.5 Å². The molecule has 1 saturated heterocycles. The molecular weight excluding hydrogens is 498 g/mol. The van der Waals surface area contributed by atoms with Crippen LogP contribution in [0, 0.1) is 13.8 Å². The van der Waals surface area contributed by atoms with Gasteiger partial charge in [0.15, 0.2) is 0 Å². The number of carbonyl (C=O) groups is 1. The number of benzene rings is 1. The van der Waals surface area contributed by atoms with Crippen molar-refractivity contribution in [2.24, 2.45) is 0 Å². The van der Waals surface area contributed by atoms with Gasteiger partial charge in [-0.25, -0.2) is 9.97 Å². The maximum Gasteiger partial charge on any atom is 0.254 e. The lowest BCUT2D eigenvalue weighted by Crippen LogP contribution is -2.48. The molecule has 0 radical (unpaired) electrons. The van der Waals surface area contributed by atoms with Crippen molar-refractivity contribution in [3.8, 4) is 11.5 Å². The van der Waals surface area contributed by atoms with Crippen LogP contribution < -0.4 is 19.7 Å². The summed E-state index contributed by atoms with van der Waals surface area (Å²) in [5.74, 6) is 1.72. The summed E-state index contributed by atoms with van der Waals surface area (Å²) in [5, 5.41) is 7.32. The van der Waals surface area contributed by atoms with Crippen LogP contribution in [0.1, 0.15) is 53.5 Å². The number of nitrogens with zero attached hydrogens (tertiary/aromatic N) is 4. The number of anilines is 1. The largest absolute Gasteiger partial charge is 0.497 e. The van der Waals surface area contributed by atoms with Gasteiger partial charge in [-0.15, -0.1) is 11.3 Å². The average molecular weight is 538 g/mol. The van der Waals surface area contributed by atoms with Crippen molar-refractivity contribution in [2.75, 3.05) is 38.8 Å². The first-order valence-electron chi connectivity index (χ1n) is 13.2. The number of nitrogens with one attached hydrogen (secondary N) is 1. The van der Waals surface area contributed by atoms with Gasteiger partial charge in [0.25, 0.3) is 5.91 Å². The zero-order valence-corrected chi connectivity index (χ0v) is 23.9. The fourth-order valence-corrected chi connectivity index (χ4v) is 6.01. The summed E-state index contributed by atoms with van der Waals surface area (Å²) in [6.45, 7) is 9.44. The molecule has 1 fully saturated rings. The van der Waals surface area contributed by atoms with Gasteiger partial charge in [-0.3, -0.25) is 4.79 Å². The number of carbonyl (C=O) groups excluding carboxylic acids is 1. The first-order valence-corrected chi connectivity index (χ1v) is 14.2. The predicted molar refractivity (Wildman–Crippen MR) is 153 cm³/mol. The van der Waals surface area contributed by atoms with Gasteiger partial charge in [-0.1, -0.05) is 0 Å². The van der Waals surface area contributed by atoms with Crippen molar-refractivity contribution in [3.63, 3.8) is 0 Å². The van der Waals surface area contributed by atoms with Gasteiger partial charge in [-0.2, -0.15) is 0 Å². The van der Waals surface area contributed by atoms with Crippen molar-refractivity contribution in [3.05, 3.63) is 63.9 Å². The fraction of sp³-hybridized carbons (Fsp3) is 0.483. The number of hydrogen-bond donors (Lipinski definition) is 1. The molecule has 0 bridgehead atoms. The monoisotopic (exact) mass is 537 g/mol. The molecule has 1 atom stereocenters. The van der Waals surface area contributed by atoms with Gasteiger partial charge in [0.05, 0.1) is 31.2 Å². The quantitative estimate of drug-likeness (QED) is 0.375. The van der Waals surface area contributed by atoms with Crippen LogP contribution in [-0.2, 0) is 6.54 Å². The molecule has 0 aliphatic carbocycles. The van der Waals surface area contributed by atoms with Crippen LogP contribution in [0.25, 0.3) is 0 Å². The molecule has 2 aromatic heterocycles. The van der Waals surface area contributed by atoms with Crippen LogP contribution in [0.3, 0.4) is 0 Å². The molecule has 1 aliphatic heterocycles. The zero-order valence-electron chi connectivity index (χ0n) is 23.1. The third-order valence-corrected chi connectivity index (χ3v) is 8.30. The molecule has 9 heteroatoms. The van der Waals surface area contributed by atoms with Crippen molar-refractivity contribution < 1.29 is 14.3 Å². The van der Waals surface area contributed by atoms with Crippen LogP contribution >= 0.6 is 11.3 Å². The van der Waals surface area contributed by atoms with Gasteiger partial charge >= 0.3 is 0 Å². The Labute approximate surface area is 230 Å². The Kier molecular flexibility index (Phi) is 9.58. The van der Waals surface area contributed by atoms with Gasteiger partial charge < -0.3 is 24.6 Å². The Morgan fingerprint density at radius 1 is 1.11 bits per heavy atom. The molecule has 38 heavy (non-hydrogen) atoms. The fourth-order valence-electron chi connectivity index (χ4n) is 5.22. The number of likely N-dealkylation sites (tertiary alicyclic amines) is 1. The number of rotatable bonds is 11. The highest BCUT2D eigenvalue weighted by Crippen LogP contribution is 2.32. The molecule has 8 nitrogen and oxygen atoms in total. The van der Waals surface area contributed by atoms with E-state index in [1.54, 1.807) is 25.6 Å². The molecular formula is C29H39N5O3S. The lowest BCUT2D eigenvalue weighted by Gasteiger charge is -2.42. The molecule has 1 amide bonds. The lowest BCUT2D eigenvalue weighted by molar-refractivity contribution is 0.0943. The second-order valence-electron chi connectivity index (χ2n) is 9.87. The van der Waals surface area contributed by atoms with Crippen LogP contribution in [0.4, 0.5) is 5.69 Å². The highest BCUT2D eigenvalue weighted by molar-refractivity contribution is 7.08. The van der Waals surface area contributed by atoms with Gasteiger partial charge in [0.2, 0.25) is 0 Å². The topological polar surface area (TPSA) is 79.8 Å². The maximum absolute atomic E-state index is 12.7. The summed E-state index contributed by atoms with van der Waals surface area (Å²) in [6, 6.07) is 9.18. The molecule has 1 aromatic carbocycles. The Balaban J connectivity index is 1.34. The predicted octanol–water partition coefficient (Wildman–Crippen LogP) is 4.85. The van der Waals surface area contributed by atoms with Gasteiger partial charge in [-0.05, 0) is 69.7 Å². The molecule has 1 N–H and O–H groups in total. The van der Waals surface area contributed by atoms with E-state index in [-0.39, 0.29) is 5.91 Å². The standard InChI is InChI=1S/C29H39N5O3S/c1-20(10-13-30-29(35)28-21(2)31-19-32-22(28)3)33-14-11-25(12-15-33)34(16-23-17-38-18-27(23)37-5)24-6-8-26(36-4)9-7-24/h6-9,17-20,25H,10-16H2,1-5H3,(H,30,35)/t20-/m1/s1. The molecule has 204 valence electrons. The molecule has 3 aromatic rings. The summed E-state index contributed by atoms with van der Waals surface area (Å²) in [7, 11) is 3.44. The second kappa shape index (κ2) is 13.1. The van der Waals surface area contributed by atoms with E-state index in [0.29, 0.717) is 35.6 Å². The number of methoxy groups -OCH3 is 2. The van der Waals surface area contributed by atoms with Gasteiger partial charge in [0, 0.05) is 54.9 Å². The minimum absolute atomic E-state index is 0.0921. The summed E-state index contributed by atoms with van der Waals surface area (Å²) >= 11 is 1.68. The maximum atomic E-state index is 12.7. The van der Waals surface area contributed by atoms with E-state index in [4.69, 9.17) is 9.47 Å². The number of amides is 1. The smallest absolute Gasteiger partial charge is 0.254 e. The van der Waals surface area contributed by atoms with Gasteiger partial charge in [0.1, 0.15) is 17.8 Å². The Bertz CT molecular complexity index is 1170. The van der Waals surface area contributed by atoms with E-state index < -0.39 is 0 Å². The summed E-state index contributed by atoms with van der Waals surface area (Å²) in [5.41, 5.74) is 4.43. The Hall–Kier alpha value is -3.17. The lowest BCUT2D eigenvalue weighted by atomic mass is 9.99. The second-order valence-corrected chi connectivity index (χ2v) is 10.6. The number of hydrogen-bond acceptors (Lipinski definition) is 8. The molecule has 1 aliphatic rings. The summed E-state index contributed by atoms with van der Waals surface area (Å²) in [6.07, 6.45) is 4.56. The number of ether oxygens (including phenoxy) is 2. The van der Waals surface area contributed by atoms with Crippen LogP contribution in [0.15, 0.2) is 41.4 Å². The first kappa shape index (κ1) is 27.9. The third-order valence-electron chi connectivity index (χ3n) is 7.53. The van der Waals surface area contributed by atoms with E-state index in [2.05, 4.69) is 54.9 Å². The molecule has 3 heterocycles. The van der Waals surface area contributed by atoms with Crippen molar-refractivity contribution in [2.45, 2.75) is 58.7 Å². The zero-order chi connectivity index (χ0) is 27.1. The van der Waals surface area contributed by atoms with Crippen molar-refractivity contribution in [1.29, 1.82) is 0 Å². The average Bonchev–Trinajstić information content (AvgIpc) is 3.39. The third kappa shape index (κ3) is 6.63. The Morgan fingerprint density at radius 3 is 2.42 bits per heavy atom. The minimum Gasteiger partial charge on any atom is -0.497 e. The molecule has 0 saturated carbocycles. The SMILES string of the molecule is COc1ccc(N(Cc2cscc2OC)C2CCN([C@H](C)CCNC(=O)c3c(C)ncnc3C)CC2)cc1. The van der Waals surface area contributed by atoms with E-state index in [1.165, 1.54) is 17.6 Å². The number of thiophene rings is 1. The van der Waals surface area contributed by atoms with E-state index in [9.17, 15) is 4.79 Å². The van der Waals surface area contributed by atoms with Crippen molar-refractivity contribution in [1.82, 2.24) is 20.2 Å². The number of piperidine rings is 1. The highest BCUT2D eigenvalue weighted by atomic mass is 32.1. The molecule has 0 spiro atoms. The summed E-state index contributed by atoms with van der Waals surface area (Å²) < 4.78 is 11.0. The Morgan fingerprint density at radius 2 is 1.79 bits per heavy atom. The van der Waals surface area contributed by atoms with E-state index in [1.807, 2.05) is 26.0 Å².